The van der Waals surface area contributed by atoms with Crippen LogP contribution in [0.15, 0.2) is 23.1 Å². The summed E-state index contributed by atoms with van der Waals surface area (Å²) in [5, 5.41) is 4.96. The van der Waals surface area contributed by atoms with Gasteiger partial charge in [-0.1, -0.05) is 13.0 Å². The van der Waals surface area contributed by atoms with E-state index >= 15 is 0 Å². The Bertz CT molecular complexity index is 1550. The molecule has 1 aromatic heterocycles. The van der Waals surface area contributed by atoms with E-state index in [9.17, 15) is 26.4 Å². The molecule has 0 N–H and O–H groups in total. The number of nitrogens with zero attached hydrogens (tertiary/aromatic N) is 6. The van der Waals surface area contributed by atoms with Gasteiger partial charge in [-0.05, 0) is 76.2 Å². The van der Waals surface area contributed by atoms with E-state index in [0.717, 1.165) is 102 Å². The van der Waals surface area contributed by atoms with Crippen molar-refractivity contribution in [1.82, 2.24) is 28.8 Å². The van der Waals surface area contributed by atoms with Crippen LogP contribution in [0, 0.1) is 5.92 Å². The van der Waals surface area contributed by atoms with Crippen LogP contribution in [-0.4, -0.2) is 114 Å². The number of thioether (sulfide) groups is 1. The summed E-state index contributed by atoms with van der Waals surface area (Å²) in [4.78, 5) is 19.2. The van der Waals surface area contributed by atoms with Crippen LogP contribution in [0.1, 0.15) is 68.7 Å². The lowest BCUT2D eigenvalue weighted by Gasteiger charge is -2.36. The molecule has 48 heavy (non-hydrogen) atoms. The number of fused-ring (bicyclic) bond motifs is 1. The lowest BCUT2D eigenvalue weighted by atomic mass is 9.99. The number of sulfonamides is 1. The number of piperidine rings is 2. The summed E-state index contributed by atoms with van der Waals surface area (Å²) in [5.41, 5.74) is 2.24. The zero-order valence-corrected chi connectivity index (χ0v) is 29.8. The molecule has 9 nitrogen and oxygen atoms in total. The molecule has 0 saturated carbocycles. The number of hydrogen-bond acceptors (Lipinski definition) is 7. The van der Waals surface area contributed by atoms with Crippen molar-refractivity contribution in [3.8, 4) is 11.3 Å². The Balaban J connectivity index is 1.17. The minimum atomic E-state index is -4.48. The van der Waals surface area contributed by atoms with E-state index in [1.54, 1.807) is 6.07 Å². The Kier molecular flexibility index (Phi) is 11.2. The monoisotopic (exact) mass is 710 g/mol. The van der Waals surface area contributed by atoms with Crippen molar-refractivity contribution in [2.45, 2.75) is 88.5 Å². The fourth-order valence-corrected chi connectivity index (χ4v) is 9.62. The van der Waals surface area contributed by atoms with E-state index in [-0.39, 0.29) is 17.3 Å². The average Bonchev–Trinajstić information content (AvgIpc) is 3.64. The summed E-state index contributed by atoms with van der Waals surface area (Å²) in [6, 6.07) is 4.59. The van der Waals surface area contributed by atoms with E-state index in [1.165, 1.54) is 28.4 Å². The number of benzene rings is 1. The Labute approximate surface area is 287 Å². The maximum absolute atomic E-state index is 14.1. The van der Waals surface area contributed by atoms with E-state index in [1.807, 2.05) is 4.68 Å². The zero-order valence-electron chi connectivity index (χ0n) is 28.2. The Hall–Kier alpha value is -2.13. The third-order valence-electron chi connectivity index (χ3n) is 10.6. The van der Waals surface area contributed by atoms with E-state index in [2.05, 4.69) is 21.6 Å². The Morgan fingerprint density at radius 3 is 2.31 bits per heavy atom. The van der Waals surface area contributed by atoms with Gasteiger partial charge in [0.2, 0.25) is 15.9 Å². The van der Waals surface area contributed by atoms with Crippen LogP contribution in [0.4, 0.5) is 13.2 Å². The summed E-state index contributed by atoms with van der Waals surface area (Å²) in [6.07, 6.45) is 3.90. The van der Waals surface area contributed by atoms with Gasteiger partial charge < -0.3 is 14.7 Å². The predicted molar refractivity (Wildman–Crippen MR) is 182 cm³/mol. The van der Waals surface area contributed by atoms with Gasteiger partial charge in [0.25, 0.3) is 0 Å². The number of likely N-dealkylation sites (tertiary alicyclic amines) is 3. The second-order valence-electron chi connectivity index (χ2n) is 14.0. The standard InChI is InChI=1S/C34H49F3N6O3S2/c1-25-8-16-40(17-9-25)21-22-47-31-23-26(6-7-29(31)34(35,36)37)33-28-24-41(48(2,45)46)20-12-30(28)43(38-33)15-4-13-39-18-10-27(11-19-39)42-14-3-5-32(42)44/h6-7,23,25,27H,3-5,8-22,24H2,1-2H3. The molecule has 5 heterocycles. The fraction of sp³-hybridized carbons (Fsp3) is 0.706. The summed E-state index contributed by atoms with van der Waals surface area (Å²) in [7, 11) is -3.46. The first kappa shape index (κ1) is 35.7. The molecule has 1 aromatic carbocycles. The number of halogens is 3. The molecule has 14 heteroatoms. The molecule has 0 atom stereocenters. The SMILES string of the molecule is CC1CCN(CCSc2cc(-c3nn(CCCN4CCC(N5CCCC5=O)CC4)c4c3CN(S(C)(=O)=O)CC4)ccc2C(F)(F)F)CC1. The molecule has 4 aliphatic heterocycles. The number of aromatic nitrogens is 2. The van der Waals surface area contributed by atoms with Crippen molar-refractivity contribution in [3.63, 3.8) is 0 Å². The Morgan fingerprint density at radius 2 is 1.65 bits per heavy atom. The first-order chi connectivity index (χ1) is 22.9. The molecule has 3 fully saturated rings. The molecule has 2 aromatic rings. The third kappa shape index (κ3) is 8.42. The minimum Gasteiger partial charge on any atom is -0.340 e. The maximum Gasteiger partial charge on any atom is 0.417 e. The summed E-state index contributed by atoms with van der Waals surface area (Å²) in [6.45, 7) is 9.74. The van der Waals surface area contributed by atoms with Crippen LogP contribution in [0.2, 0.25) is 0 Å². The minimum absolute atomic E-state index is 0.156. The molecule has 266 valence electrons. The quantitative estimate of drug-likeness (QED) is 0.297. The molecule has 0 unspecified atom stereocenters. The number of amides is 1. The van der Waals surface area contributed by atoms with E-state index in [4.69, 9.17) is 5.10 Å². The molecule has 4 aliphatic rings. The van der Waals surface area contributed by atoms with Crippen LogP contribution >= 0.6 is 11.8 Å². The summed E-state index contributed by atoms with van der Waals surface area (Å²) in [5.74, 6) is 1.53. The normalized spacial score (nSPS) is 21.4. The molecule has 0 radical (unpaired) electrons. The third-order valence-corrected chi connectivity index (χ3v) is 12.9. The maximum atomic E-state index is 14.1. The smallest absolute Gasteiger partial charge is 0.340 e. The van der Waals surface area contributed by atoms with Gasteiger partial charge in [0.15, 0.2) is 0 Å². The van der Waals surface area contributed by atoms with Crippen molar-refractivity contribution in [1.29, 1.82) is 0 Å². The fourth-order valence-electron chi connectivity index (χ4n) is 7.71. The summed E-state index contributed by atoms with van der Waals surface area (Å²) >= 11 is 1.23. The molecule has 3 saturated heterocycles. The van der Waals surface area contributed by atoms with Gasteiger partial charge in [0.1, 0.15) is 0 Å². The van der Waals surface area contributed by atoms with Crippen molar-refractivity contribution in [3.05, 3.63) is 35.0 Å². The molecule has 1 amide bonds. The predicted octanol–water partition coefficient (Wildman–Crippen LogP) is 5.19. The van der Waals surface area contributed by atoms with Gasteiger partial charge in [-0.3, -0.25) is 9.48 Å². The highest BCUT2D eigenvalue weighted by molar-refractivity contribution is 7.99. The number of rotatable bonds is 11. The molecule has 6 rings (SSSR count). The number of carbonyl (C=O) groups excluding carboxylic acids is 1. The molecular weight excluding hydrogens is 662 g/mol. The Morgan fingerprint density at radius 1 is 0.938 bits per heavy atom. The number of carbonyl (C=O) groups is 1. The zero-order chi connectivity index (χ0) is 34.1. The van der Waals surface area contributed by atoms with Crippen LogP contribution in [0.5, 0.6) is 0 Å². The van der Waals surface area contributed by atoms with Crippen molar-refractivity contribution < 1.29 is 26.4 Å². The lowest BCUT2D eigenvalue weighted by molar-refractivity contribution is -0.139. The van der Waals surface area contributed by atoms with Crippen molar-refractivity contribution >= 4 is 27.7 Å². The summed E-state index contributed by atoms with van der Waals surface area (Å²) < 4.78 is 70.9. The number of hydrogen-bond donors (Lipinski definition) is 0. The van der Waals surface area contributed by atoms with Crippen LogP contribution in [-0.2, 0) is 40.5 Å². The van der Waals surface area contributed by atoms with Gasteiger partial charge in [0, 0.05) is 92.2 Å². The van der Waals surface area contributed by atoms with Crippen LogP contribution in [0.3, 0.4) is 0 Å². The molecule has 0 spiro atoms. The van der Waals surface area contributed by atoms with Crippen LogP contribution in [0.25, 0.3) is 11.3 Å². The van der Waals surface area contributed by atoms with Gasteiger partial charge >= 0.3 is 6.18 Å². The largest absolute Gasteiger partial charge is 0.417 e. The molecule has 0 aliphatic carbocycles. The molecule has 0 bridgehead atoms. The topological polar surface area (TPSA) is 82.0 Å². The highest BCUT2D eigenvalue weighted by Gasteiger charge is 2.35. The van der Waals surface area contributed by atoms with Gasteiger partial charge in [-0.15, -0.1) is 11.8 Å². The van der Waals surface area contributed by atoms with Crippen molar-refractivity contribution in [2.24, 2.45) is 5.92 Å². The van der Waals surface area contributed by atoms with Crippen molar-refractivity contribution in [2.75, 3.05) is 64.4 Å². The first-order valence-corrected chi connectivity index (χ1v) is 20.3. The second-order valence-corrected chi connectivity index (χ2v) is 17.2. The van der Waals surface area contributed by atoms with Crippen LogP contribution < -0.4 is 0 Å². The number of alkyl halides is 3. The first-order valence-electron chi connectivity index (χ1n) is 17.5. The van der Waals surface area contributed by atoms with Gasteiger partial charge in [0.05, 0.1) is 17.5 Å². The average molecular weight is 711 g/mol. The highest BCUT2D eigenvalue weighted by Crippen LogP contribution is 2.40. The van der Waals surface area contributed by atoms with E-state index < -0.39 is 21.8 Å². The van der Waals surface area contributed by atoms with Gasteiger partial charge in [-0.25, -0.2) is 8.42 Å². The highest BCUT2D eigenvalue weighted by atomic mass is 32.2. The second kappa shape index (κ2) is 15.0. The van der Waals surface area contributed by atoms with E-state index in [0.29, 0.717) is 54.9 Å². The van der Waals surface area contributed by atoms with Gasteiger partial charge in [-0.2, -0.15) is 22.6 Å². The molecular formula is C34H49F3N6O3S2. The lowest BCUT2D eigenvalue weighted by Crippen LogP contribution is -2.45. The number of aryl methyl sites for hydroxylation is 1.